The van der Waals surface area contributed by atoms with E-state index in [2.05, 4.69) is 20.8 Å². The summed E-state index contributed by atoms with van der Waals surface area (Å²) in [7, 11) is 1.65. The molecule has 1 aromatic heterocycles. The Morgan fingerprint density at radius 3 is 2.90 bits per heavy atom. The lowest BCUT2D eigenvalue weighted by Crippen LogP contribution is -2.38. The van der Waals surface area contributed by atoms with Crippen LogP contribution >= 0.6 is 11.8 Å². The highest BCUT2D eigenvalue weighted by Crippen LogP contribution is 2.56. The highest BCUT2D eigenvalue weighted by molar-refractivity contribution is 8.07. The lowest BCUT2D eigenvalue weighted by molar-refractivity contribution is -0.115. The van der Waals surface area contributed by atoms with E-state index >= 15 is 0 Å². The van der Waals surface area contributed by atoms with Crippen LogP contribution in [0.4, 0.5) is 0 Å². The number of amides is 1. The molecule has 0 saturated carbocycles. The van der Waals surface area contributed by atoms with Crippen molar-refractivity contribution < 1.29 is 4.79 Å². The largest absolute Gasteiger partial charge is 0.384 e. The van der Waals surface area contributed by atoms with Crippen LogP contribution in [0.1, 0.15) is 24.2 Å². The van der Waals surface area contributed by atoms with Gasteiger partial charge in [0, 0.05) is 35.3 Å². The molecule has 0 aromatic carbocycles. The average molecular weight is 296 g/mol. The number of rotatable bonds is 7. The Hall–Kier alpha value is -1.83. The number of thioether (sulfide) groups is 1. The molecule has 1 unspecified atom stereocenters. The van der Waals surface area contributed by atoms with Gasteiger partial charge in [-0.05, 0) is 13.3 Å². The van der Waals surface area contributed by atoms with Gasteiger partial charge in [0.2, 0.25) is 0 Å². The Labute approximate surface area is 121 Å². The van der Waals surface area contributed by atoms with Gasteiger partial charge < -0.3 is 22.1 Å². The van der Waals surface area contributed by atoms with Crippen LogP contribution in [-0.4, -0.2) is 34.4 Å². The van der Waals surface area contributed by atoms with Crippen molar-refractivity contribution >= 4 is 17.7 Å². The zero-order valence-electron chi connectivity index (χ0n) is 11.5. The minimum absolute atomic E-state index is 0.110. The molecule has 1 amide bonds. The van der Waals surface area contributed by atoms with Crippen LogP contribution in [0.2, 0.25) is 0 Å². The standard InChI is InChI=1S/C12H20N6OS/c1-6(18-9(12(14)19)11(13)15-2)3-8-10(20-8)7-4-16-17-5-7/h4-6,8,10,15,18H,3,13H2,1-2H3,(H2,14,19)(H,16,17)/b11-9+/t6-,8?,10+/m0/s1. The van der Waals surface area contributed by atoms with Crippen molar-refractivity contribution in [3.8, 4) is 0 Å². The van der Waals surface area contributed by atoms with Gasteiger partial charge in [-0.25, -0.2) is 0 Å². The summed E-state index contributed by atoms with van der Waals surface area (Å²) < 4.78 is 0. The lowest BCUT2D eigenvalue weighted by atomic mass is 10.1. The average Bonchev–Trinajstić information content (AvgIpc) is 2.95. The fraction of sp³-hybridized carbons (Fsp3) is 0.500. The fourth-order valence-electron chi connectivity index (χ4n) is 2.09. The number of hydrogen-bond donors (Lipinski definition) is 5. The summed E-state index contributed by atoms with van der Waals surface area (Å²) in [5, 5.41) is 13.6. The molecule has 7 nitrogen and oxygen atoms in total. The smallest absolute Gasteiger partial charge is 0.268 e. The zero-order valence-corrected chi connectivity index (χ0v) is 12.3. The van der Waals surface area contributed by atoms with Crippen molar-refractivity contribution in [2.75, 3.05) is 7.05 Å². The molecule has 8 heteroatoms. The van der Waals surface area contributed by atoms with E-state index in [-0.39, 0.29) is 17.6 Å². The number of hydrogen-bond acceptors (Lipinski definition) is 6. The molecule has 7 N–H and O–H groups in total. The number of aromatic amines is 1. The van der Waals surface area contributed by atoms with E-state index in [4.69, 9.17) is 11.5 Å². The molecular weight excluding hydrogens is 276 g/mol. The predicted molar refractivity (Wildman–Crippen MR) is 79.4 cm³/mol. The van der Waals surface area contributed by atoms with Gasteiger partial charge in [0.05, 0.1) is 6.20 Å². The Balaban J connectivity index is 1.87. The molecule has 1 aliphatic rings. The van der Waals surface area contributed by atoms with Crippen molar-refractivity contribution in [3.05, 3.63) is 29.5 Å². The first-order valence-electron chi connectivity index (χ1n) is 6.41. The van der Waals surface area contributed by atoms with E-state index < -0.39 is 5.91 Å². The Kier molecular flexibility index (Phi) is 4.43. The topological polar surface area (TPSA) is 122 Å². The Morgan fingerprint density at radius 1 is 1.60 bits per heavy atom. The van der Waals surface area contributed by atoms with Crippen molar-refractivity contribution in [2.24, 2.45) is 11.5 Å². The number of carbonyl (C=O) groups is 1. The Morgan fingerprint density at radius 2 is 2.35 bits per heavy atom. The van der Waals surface area contributed by atoms with Crippen LogP contribution in [-0.2, 0) is 4.79 Å². The summed E-state index contributed by atoms with van der Waals surface area (Å²) in [4.78, 5) is 11.4. The molecule has 0 spiro atoms. The van der Waals surface area contributed by atoms with Crippen molar-refractivity contribution in [3.63, 3.8) is 0 Å². The highest BCUT2D eigenvalue weighted by atomic mass is 32.2. The molecule has 2 rings (SSSR count). The quantitative estimate of drug-likeness (QED) is 0.350. The number of H-pyrrole nitrogens is 1. The molecule has 20 heavy (non-hydrogen) atoms. The van der Waals surface area contributed by atoms with Crippen molar-refractivity contribution in [1.29, 1.82) is 0 Å². The van der Waals surface area contributed by atoms with Crippen molar-refractivity contribution in [2.45, 2.75) is 29.9 Å². The van der Waals surface area contributed by atoms with Gasteiger partial charge in [0.15, 0.2) is 0 Å². The van der Waals surface area contributed by atoms with E-state index in [0.717, 1.165) is 6.42 Å². The monoisotopic (exact) mass is 296 g/mol. The maximum atomic E-state index is 11.4. The summed E-state index contributed by atoms with van der Waals surface area (Å²) in [6.45, 7) is 2.01. The molecule has 0 bridgehead atoms. The van der Waals surface area contributed by atoms with Gasteiger partial charge in [-0.3, -0.25) is 9.89 Å². The summed E-state index contributed by atoms with van der Waals surface area (Å²) in [6, 6.07) is 0.110. The molecule has 1 fully saturated rings. The second-order valence-corrected chi connectivity index (χ2v) is 6.20. The summed E-state index contributed by atoms with van der Waals surface area (Å²) in [6.07, 6.45) is 4.70. The summed E-state index contributed by atoms with van der Waals surface area (Å²) >= 11 is 1.89. The van der Waals surface area contributed by atoms with Gasteiger partial charge in [0.1, 0.15) is 11.5 Å². The van der Waals surface area contributed by atoms with Gasteiger partial charge in [-0.2, -0.15) is 5.10 Å². The van der Waals surface area contributed by atoms with E-state index in [1.165, 1.54) is 5.56 Å². The predicted octanol–water partition coefficient (Wildman–Crippen LogP) is -0.233. The normalized spacial score (nSPS) is 23.7. The Bertz CT molecular complexity index is 500. The highest BCUT2D eigenvalue weighted by Gasteiger charge is 2.40. The summed E-state index contributed by atoms with van der Waals surface area (Å²) in [5.41, 5.74) is 12.5. The molecule has 2 heterocycles. The second kappa shape index (κ2) is 6.08. The molecule has 1 aromatic rings. The van der Waals surface area contributed by atoms with Crippen LogP contribution in [0.5, 0.6) is 0 Å². The van der Waals surface area contributed by atoms with Crippen LogP contribution in [0, 0.1) is 0 Å². The molecule has 1 aliphatic heterocycles. The first-order valence-corrected chi connectivity index (χ1v) is 7.35. The van der Waals surface area contributed by atoms with E-state index in [1.54, 1.807) is 7.05 Å². The SMILES string of the molecule is CN/C(N)=C(/N[C@@H](C)CC1S[C@@H]1c1cn[nH]c1)C(N)=O. The minimum Gasteiger partial charge on any atom is -0.384 e. The van der Waals surface area contributed by atoms with E-state index in [1.807, 2.05) is 31.1 Å². The van der Waals surface area contributed by atoms with Gasteiger partial charge in [-0.15, -0.1) is 11.8 Å². The fourth-order valence-corrected chi connectivity index (χ4v) is 3.33. The first-order chi connectivity index (χ1) is 9.52. The molecule has 0 aliphatic carbocycles. The van der Waals surface area contributed by atoms with Crippen LogP contribution in [0.25, 0.3) is 0 Å². The number of primary amides is 1. The number of nitrogens with zero attached hydrogens (tertiary/aromatic N) is 1. The van der Waals surface area contributed by atoms with Crippen LogP contribution in [0.3, 0.4) is 0 Å². The number of nitrogens with two attached hydrogens (primary N) is 2. The van der Waals surface area contributed by atoms with Crippen LogP contribution in [0.15, 0.2) is 23.9 Å². The van der Waals surface area contributed by atoms with E-state index in [0.29, 0.717) is 10.5 Å². The number of carbonyl (C=O) groups excluding carboxylic acids is 1. The molecule has 1 saturated heterocycles. The summed E-state index contributed by atoms with van der Waals surface area (Å²) in [5.74, 6) is -0.294. The van der Waals surface area contributed by atoms with Crippen LogP contribution < -0.4 is 22.1 Å². The zero-order chi connectivity index (χ0) is 14.7. The van der Waals surface area contributed by atoms with E-state index in [9.17, 15) is 4.79 Å². The third kappa shape index (κ3) is 3.38. The van der Waals surface area contributed by atoms with Gasteiger partial charge in [0.25, 0.3) is 5.91 Å². The molecule has 110 valence electrons. The maximum Gasteiger partial charge on any atom is 0.268 e. The van der Waals surface area contributed by atoms with Crippen molar-refractivity contribution in [1.82, 2.24) is 20.8 Å². The first kappa shape index (κ1) is 14.6. The van der Waals surface area contributed by atoms with Gasteiger partial charge in [-0.1, -0.05) is 0 Å². The minimum atomic E-state index is -0.557. The number of aromatic nitrogens is 2. The molecular formula is C12H20N6OS. The lowest BCUT2D eigenvalue weighted by Gasteiger charge is -2.17. The van der Waals surface area contributed by atoms with Gasteiger partial charge >= 0.3 is 0 Å². The third-order valence-corrected chi connectivity index (χ3v) is 4.59. The number of nitrogens with one attached hydrogen (secondary N) is 3. The second-order valence-electron chi connectivity index (χ2n) is 4.81. The third-order valence-electron chi connectivity index (χ3n) is 3.19. The maximum absolute atomic E-state index is 11.4. The molecule has 3 atom stereocenters. The molecule has 0 radical (unpaired) electrons.